The van der Waals surface area contributed by atoms with Crippen molar-refractivity contribution in [2.45, 2.75) is 26.4 Å². The average Bonchev–Trinajstić information content (AvgIpc) is 2.28. The van der Waals surface area contributed by atoms with Gasteiger partial charge in [-0.3, -0.25) is 4.90 Å². The van der Waals surface area contributed by atoms with Gasteiger partial charge in [0, 0.05) is 24.7 Å². The van der Waals surface area contributed by atoms with Crippen LogP contribution in [0.3, 0.4) is 0 Å². The van der Waals surface area contributed by atoms with Crippen LogP contribution < -0.4 is 0 Å². The van der Waals surface area contributed by atoms with Crippen LogP contribution in [0.2, 0.25) is 5.02 Å². The number of likely N-dealkylation sites (tertiary alicyclic amines) is 1. The molecule has 1 saturated heterocycles. The highest BCUT2D eigenvalue weighted by Gasteiger charge is 2.23. The fourth-order valence-corrected chi connectivity index (χ4v) is 3.10. The molecule has 3 unspecified atom stereocenters. The molecule has 0 saturated carbocycles. The lowest BCUT2D eigenvalue weighted by atomic mass is 9.91. The highest BCUT2D eigenvalue weighted by molar-refractivity contribution is 6.30. The summed E-state index contributed by atoms with van der Waals surface area (Å²) in [4.78, 5) is 2.37. The van der Waals surface area contributed by atoms with Gasteiger partial charge in [0.2, 0.25) is 0 Å². The standard InChI is InChI=1S/C15H22ClNO/c1-11-7-12(2)9-17(8-11)10-15(18)13-3-5-14(16)6-4-13/h3-6,11-12,15,18H,7-10H2,1-2H3. The van der Waals surface area contributed by atoms with Crippen molar-refractivity contribution in [1.82, 2.24) is 4.90 Å². The number of aliphatic hydroxyl groups excluding tert-OH is 1. The van der Waals surface area contributed by atoms with Crippen molar-refractivity contribution in [3.8, 4) is 0 Å². The van der Waals surface area contributed by atoms with E-state index in [-0.39, 0.29) is 0 Å². The maximum absolute atomic E-state index is 10.3. The van der Waals surface area contributed by atoms with Gasteiger partial charge in [0.25, 0.3) is 0 Å². The van der Waals surface area contributed by atoms with Crippen molar-refractivity contribution >= 4 is 11.6 Å². The number of halogens is 1. The lowest BCUT2D eigenvalue weighted by Gasteiger charge is -2.36. The highest BCUT2D eigenvalue weighted by Crippen LogP contribution is 2.24. The second kappa shape index (κ2) is 6.05. The van der Waals surface area contributed by atoms with E-state index in [0.29, 0.717) is 5.02 Å². The third-order valence-corrected chi connectivity index (χ3v) is 3.88. The molecule has 1 aromatic carbocycles. The van der Waals surface area contributed by atoms with Gasteiger partial charge in [-0.15, -0.1) is 0 Å². The largest absolute Gasteiger partial charge is 0.387 e. The monoisotopic (exact) mass is 267 g/mol. The minimum absolute atomic E-state index is 0.417. The van der Waals surface area contributed by atoms with E-state index < -0.39 is 6.10 Å². The Morgan fingerprint density at radius 3 is 2.33 bits per heavy atom. The van der Waals surface area contributed by atoms with Crippen molar-refractivity contribution in [3.05, 3.63) is 34.9 Å². The van der Waals surface area contributed by atoms with Crippen LogP contribution in [-0.2, 0) is 0 Å². The lowest BCUT2D eigenvalue weighted by molar-refractivity contribution is 0.0699. The number of piperidine rings is 1. The smallest absolute Gasteiger partial charge is 0.0916 e. The Bertz CT molecular complexity index is 369. The number of rotatable bonds is 3. The molecule has 3 heteroatoms. The number of β-amino-alcohol motifs (C(OH)–C–C–N with tert-alkyl or cyclic N) is 1. The van der Waals surface area contributed by atoms with Gasteiger partial charge in [-0.2, -0.15) is 0 Å². The van der Waals surface area contributed by atoms with E-state index in [4.69, 9.17) is 11.6 Å². The summed E-state index contributed by atoms with van der Waals surface area (Å²) in [5.41, 5.74) is 0.949. The molecule has 0 bridgehead atoms. The van der Waals surface area contributed by atoms with Crippen molar-refractivity contribution in [2.24, 2.45) is 11.8 Å². The van der Waals surface area contributed by atoms with E-state index in [1.54, 1.807) is 0 Å². The van der Waals surface area contributed by atoms with E-state index in [1.165, 1.54) is 6.42 Å². The Labute approximate surface area is 115 Å². The van der Waals surface area contributed by atoms with Gasteiger partial charge >= 0.3 is 0 Å². The summed E-state index contributed by atoms with van der Waals surface area (Å²) in [5.74, 6) is 1.46. The molecule has 0 radical (unpaired) electrons. The van der Waals surface area contributed by atoms with Gasteiger partial charge in [-0.1, -0.05) is 37.6 Å². The van der Waals surface area contributed by atoms with Crippen LogP contribution in [-0.4, -0.2) is 29.6 Å². The van der Waals surface area contributed by atoms with Crippen LogP contribution >= 0.6 is 11.6 Å². The molecule has 2 rings (SSSR count). The molecule has 1 aliphatic rings. The third kappa shape index (κ3) is 3.71. The molecule has 1 aromatic rings. The summed E-state index contributed by atoms with van der Waals surface area (Å²) >= 11 is 5.85. The number of hydrogen-bond acceptors (Lipinski definition) is 2. The zero-order chi connectivity index (χ0) is 13.1. The first-order valence-electron chi connectivity index (χ1n) is 6.70. The quantitative estimate of drug-likeness (QED) is 0.908. The van der Waals surface area contributed by atoms with Crippen molar-refractivity contribution in [3.63, 3.8) is 0 Å². The Hall–Kier alpha value is -0.570. The summed E-state index contributed by atoms with van der Waals surface area (Å²) < 4.78 is 0. The topological polar surface area (TPSA) is 23.5 Å². The second-order valence-corrected chi connectivity index (χ2v) is 6.17. The molecule has 0 aromatic heterocycles. The molecule has 18 heavy (non-hydrogen) atoms. The van der Waals surface area contributed by atoms with Gasteiger partial charge in [0.1, 0.15) is 0 Å². The number of benzene rings is 1. The summed E-state index contributed by atoms with van der Waals surface area (Å²) in [5, 5.41) is 11.0. The molecule has 3 atom stereocenters. The van der Waals surface area contributed by atoms with E-state index in [0.717, 1.165) is 37.0 Å². The Balaban J connectivity index is 1.94. The van der Waals surface area contributed by atoms with Gasteiger partial charge in [0.15, 0.2) is 0 Å². The fourth-order valence-electron chi connectivity index (χ4n) is 2.98. The van der Waals surface area contributed by atoms with Crippen LogP contribution in [0.4, 0.5) is 0 Å². The Morgan fingerprint density at radius 2 is 1.78 bits per heavy atom. The summed E-state index contributed by atoms with van der Waals surface area (Å²) in [6.45, 7) is 7.48. The number of aliphatic hydroxyl groups is 1. The zero-order valence-corrected chi connectivity index (χ0v) is 11.9. The molecule has 1 N–H and O–H groups in total. The summed E-state index contributed by atoms with van der Waals surface area (Å²) in [6.07, 6.45) is 0.882. The van der Waals surface area contributed by atoms with Gasteiger partial charge < -0.3 is 5.11 Å². The van der Waals surface area contributed by atoms with Crippen LogP contribution in [0.15, 0.2) is 24.3 Å². The van der Waals surface area contributed by atoms with Crippen LogP contribution in [0.25, 0.3) is 0 Å². The molecule has 100 valence electrons. The zero-order valence-electron chi connectivity index (χ0n) is 11.1. The number of hydrogen-bond donors (Lipinski definition) is 1. The van der Waals surface area contributed by atoms with Crippen LogP contribution in [0.1, 0.15) is 31.9 Å². The van der Waals surface area contributed by atoms with Gasteiger partial charge in [-0.25, -0.2) is 0 Å². The molecule has 0 aliphatic carbocycles. The fraction of sp³-hybridized carbons (Fsp3) is 0.600. The highest BCUT2D eigenvalue weighted by atomic mass is 35.5. The molecular formula is C15H22ClNO. The maximum atomic E-state index is 10.3. The molecular weight excluding hydrogens is 246 g/mol. The number of nitrogens with zero attached hydrogens (tertiary/aromatic N) is 1. The van der Waals surface area contributed by atoms with E-state index in [9.17, 15) is 5.11 Å². The molecule has 0 spiro atoms. The maximum Gasteiger partial charge on any atom is 0.0916 e. The molecule has 1 aliphatic heterocycles. The normalized spacial score (nSPS) is 27.1. The van der Waals surface area contributed by atoms with Crippen LogP contribution in [0, 0.1) is 11.8 Å². The van der Waals surface area contributed by atoms with Crippen molar-refractivity contribution < 1.29 is 5.11 Å². The Morgan fingerprint density at radius 1 is 1.22 bits per heavy atom. The molecule has 1 fully saturated rings. The lowest BCUT2D eigenvalue weighted by Crippen LogP contribution is -2.40. The molecule has 0 amide bonds. The van der Waals surface area contributed by atoms with E-state index >= 15 is 0 Å². The molecule has 1 heterocycles. The summed E-state index contributed by atoms with van der Waals surface area (Å²) in [7, 11) is 0. The first kappa shape index (κ1) is 13.9. The second-order valence-electron chi connectivity index (χ2n) is 5.73. The van der Waals surface area contributed by atoms with E-state index in [1.807, 2.05) is 24.3 Å². The predicted molar refractivity (Wildman–Crippen MR) is 75.8 cm³/mol. The first-order chi connectivity index (χ1) is 8.54. The van der Waals surface area contributed by atoms with Crippen LogP contribution in [0.5, 0.6) is 0 Å². The third-order valence-electron chi connectivity index (χ3n) is 3.63. The molecule has 2 nitrogen and oxygen atoms in total. The average molecular weight is 268 g/mol. The minimum Gasteiger partial charge on any atom is -0.387 e. The summed E-state index contributed by atoms with van der Waals surface area (Å²) in [6, 6.07) is 7.48. The predicted octanol–water partition coefficient (Wildman–Crippen LogP) is 3.35. The van der Waals surface area contributed by atoms with Gasteiger partial charge in [0.05, 0.1) is 6.10 Å². The van der Waals surface area contributed by atoms with Gasteiger partial charge in [-0.05, 0) is 36.0 Å². The van der Waals surface area contributed by atoms with E-state index in [2.05, 4.69) is 18.7 Å². The van der Waals surface area contributed by atoms with Crippen molar-refractivity contribution in [1.29, 1.82) is 0 Å². The minimum atomic E-state index is -0.417. The SMILES string of the molecule is CC1CC(C)CN(CC(O)c2ccc(Cl)cc2)C1. The Kier molecular flexibility index (Phi) is 4.66. The van der Waals surface area contributed by atoms with Crippen molar-refractivity contribution in [2.75, 3.05) is 19.6 Å². The first-order valence-corrected chi connectivity index (χ1v) is 7.08.